The van der Waals surface area contributed by atoms with Gasteiger partial charge in [0.25, 0.3) is 0 Å². The molecule has 1 aliphatic heterocycles. The van der Waals surface area contributed by atoms with Gasteiger partial charge in [0.1, 0.15) is 5.82 Å². The number of morpholine rings is 1. The third-order valence-electron chi connectivity index (χ3n) is 2.75. The Bertz CT molecular complexity index is 367. The summed E-state index contributed by atoms with van der Waals surface area (Å²) in [5, 5.41) is 18.2. The fourth-order valence-electron chi connectivity index (χ4n) is 1.79. The molecule has 0 saturated carbocycles. The van der Waals surface area contributed by atoms with E-state index in [1.54, 1.807) is 0 Å². The summed E-state index contributed by atoms with van der Waals surface area (Å²) in [4.78, 5) is 6.36. The van der Waals surface area contributed by atoms with E-state index in [0.29, 0.717) is 18.7 Å². The van der Waals surface area contributed by atoms with Crippen molar-refractivity contribution in [3.63, 3.8) is 0 Å². The zero-order valence-corrected chi connectivity index (χ0v) is 9.26. The first kappa shape index (κ1) is 11.4. The molecule has 86 valence electrons. The Morgan fingerprint density at radius 2 is 2.06 bits per heavy atom. The van der Waals surface area contributed by atoms with Gasteiger partial charge in [-0.2, -0.15) is 0 Å². The smallest absolute Gasteiger partial charge is 0.423 e. The monoisotopic (exact) mass is 222 g/mol. The van der Waals surface area contributed by atoms with Crippen molar-refractivity contribution in [3.8, 4) is 0 Å². The van der Waals surface area contributed by atoms with E-state index >= 15 is 0 Å². The highest BCUT2D eigenvalue weighted by atomic mass is 16.5. The average Bonchev–Trinajstić information content (AvgIpc) is 2.29. The molecule has 0 unspecified atom stereocenters. The molecule has 2 N–H and O–H groups in total. The summed E-state index contributed by atoms with van der Waals surface area (Å²) in [6, 6.07) is 1.88. The zero-order valence-electron chi connectivity index (χ0n) is 9.26. The summed E-state index contributed by atoms with van der Waals surface area (Å²) in [5.41, 5.74) is 1.29. The van der Waals surface area contributed by atoms with Gasteiger partial charge >= 0.3 is 7.12 Å². The van der Waals surface area contributed by atoms with E-state index in [2.05, 4.69) is 9.88 Å². The summed E-state index contributed by atoms with van der Waals surface area (Å²) >= 11 is 0. The Kier molecular flexibility index (Phi) is 3.43. The Balaban J connectivity index is 2.19. The van der Waals surface area contributed by atoms with Crippen molar-refractivity contribution in [1.82, 2.24) is 4.98 Å². The van der Waals surface area contributed by atoms with Crippen LogP contribution in [0.5, 0.6) is 0 Å². The van der Waals surface area contributed by atoms with Gasteiger partial charge in [0.15, 0.2) is 0 Å². The number of aryl methyl sites for hydroxylation is 1. The topological polar surface area (TPSA) is 65.8 Å². The Morgan fingerprint density at radius 3 is 2.62 bits per heavy atom. The van der Waals surface area contributed by atoms with Crippen LogP contribution in [0.2, 0.25) is 0 Å². The fraction of sp³-hybridized carbons (Fsp3) is 0.500. The van der Waals surface area contributed by atoms with Crippen LogP contribution >= 0.6 is 0 Å². The van der Waals surface area contributed by atoms with E-state index in [0.717, 1.165) is 24.5 Å². The van der Waals surface area contributed by atoms with Crippen molar-refractivity contribution in [2.45, 2.75) is 6.92 Å². The molecule has 1 aliphatic rings. The van der Waals surface area contributed by atoms with Gasteiger partial charge in [0, 0.05) is 24.7 Å². The van der Waals surface area contributed by atoms with E-state index in [4.69, 9.17) is 14.8 Å². The molecule has 1 saturated heterocycles. The van der Waals surface area contributed by atoms with Crippen molar-refractivity contribution in [2.24, 2.45) is 0 Å². The highest BCUT2D eigenvalue weighted by Gasteiger charge is 2.17. The Morgan fingerprint density at radius 1 is 1.38 bits per heavy atom. The lowest BCUT2D eigenvalue weighted by Crippen LogP contribution is -2.38. The molecule has 0 aliphatic carbocycles. The molecule has 1 aromatic heterocycles. The molecule has 2 heterocycles. The fourth-order valence-corrected chi connectivity index (χ4v) is 1.79. The first-order chi connectivity index (χ1) is 7.68. The molecule has 0 spiro atoms. The molecule has 16 heavy (non-hydrogen) atoms. The molecular formula is C10H15BN2O3. The number of hydrogen-bond acceptors (Lipinski definition) is 5. The number of aromatic nitrogens is 1. The number of nitrogens with zero attached hydrogens (tertiary/aromatic N) is 2. The minimum Gasteiger partial charge on any atom is -0.423 e. The number of rotatable bonds is 2. The van der Waals surface area contributed by atoms with Gasteiger partial charge in [0.2, 0.25) is 0 Å². The van der Waals surface area contributed by atoms with Crippen molar-refractivity contribution < 1.29 is 14.8 Å². The standard InChI is InChI=1S/C10H15BN2O3/c1-8-6-10(12-7-9(8)11(14)15)13-2-4-16-5-3-13/h6-7,14-15H,2-5H2,1H3. The van der Waals surface area contributed by atoms with E-state index in [9.17, 15) is 0 Å². The van der Waals surface area contributed by atoms with Crippen LogP contribution in [0.25, 0.3) is 0 Å². The van der Waals surface area contributed by atoms with Crippen LogP contribution in [0.3, 0.4) is 0 Å². The molecule has 6 heteroatoms. The van der Waals surface area contributed by atoms with Gasteiger partial charge in [-0.3, -0.25) is 0 Å². The van der Waals surface area contributed by atoms with Crippen LogP contribution in [0, 0.1) is 6.92 Å². The maximum Gasteiger partial charge on any atom is 0.490 e. The largest absolute Gasteiger partial charge is 0.490 e. The summed E-state index contributed by atoms with van der Waals surface area (Å²) in [6.07, 6.45) is 1.52. The summed E-state index contributed by atoms with van der Waals surface area (Å²) in [7, 11) is -1.45. The quantitative estimate of drug-likeness (QED) is 0.622. The van der Waals surface area contributed by atoms with Crippen LogP contribution in [-0.2, 0) is 4.74 Å². The summed E-state index contributed by atoms with van der Waals surface area (Å²) < 4.78 is 5.26. The van der Waals surface area contributed by atoms with Gasteiger partial charge < -0.3 is 19.7 Å². The normalized spacial score (nSPS) is 16.3. The summed E-state index contributed by atoms with van der Waals surface area (Å²) in [6.45, 7) is 4.93. The maximum absolute atomic E-state index is 9.09. The average molecular weight is 222 g/mol. The van der Waals surface area contributed by atoms with Gasteiger partial charge in [0.05, 0.1) is 13.2 Å². The lowest BCUT2D eigenvalue weighted by atomic mass is 9.78. The minimum absolute atomic E-state index is 0.456. The van der Waals surface area contributed by atoms with Crippen molar-refractivity contribution in [2.75, 3.05) is 31.2 Å². The second-order valence-corrected chi connectivity index (χ2v) is 3.87. The summed E-state index contributed by atoms with van der Waals surface area (Å²) in [5.74, 6) is 0.866. The van der Waals surface area contributed by atoms with Crippen LogP contribution in [0.4, 0.5) is 5.82 Å². The molecule has 2 rings (SSSR count). The molecule has 1 fully saturated rings. The van der Waals surface area contributed by atoms with Crippen molar-refractivity contribution in [1.29, 1.82) is 0 Å². The lowest BCUT2D eigenvalue weighted by Gasteiger charge is -2.28. The van der Waals surface area contributed by atoms with Crippen LogP contribution in [-0.4, -0.2) is 48.5 Å². The Hall–Kier alpha value is -1.11. The highest BCUT2D eigenvalue weighted by molar-refractivity contribution is 6.59. The van der Waals surface area contributed by atoms with Gasteiger partial charge in [-0.15, -0.1) is 0 Å². The number of anilines is 1. The molecular weight excluding hydrogens is 207 g/mol. The third kappa shape index (κ3) is 2.34. The third-order valence-corrected chi connectivity index (χ3v) is 2.75. The number of hydrogen-bond donors (Lipinski definition) is 2. The number of ether oxygens (including phenoxy) is 1. The molecule has 5 nitrogen and oxygen atoms in total. The SMILES string of the molecule is Cc1cc(N2CCOCC2)ncc1B(O)O. The zero-order chi connectivity index (χ0) is 11.5. The maximum atomic E-state index is 9.09. The van der Waals surface area contributed by atoms with Crippen LogP contribution in [0.1, 0.15) is 5.56 Å². The molecule has 0 amide bonds. The second kappa shape index (κ2) is 4.82. The molecule has 0 bridgehead atoms. The highest BCUT2D eigenvalue weighted by Crippen LogP contribution is 2.12. The predicted octanol–water partition coefficient (Wildman–Crippen LogP) is -1.09. The van der Waals surface area contributed by atoms with Crippen molar-refractivity contribution >= 4 is 18.4 Å². The predicted molar refractivity (Wildman–Crippen MR) is 61.8 cm³/mol. The molecule has 0 aromatic carbocycles. The molecule has 0 atom stereocenters. The first-order valence-corrected chi connectivity index (χ1v) is 5.34. The second-order valence-electron chi connectivity index (χ2n) is 3.87. The molecule has 0 radical (unpaired) electrons. The van der Waals surface area contributed by atoms with Gasteiger partial charge in [-0.25, -0.2) is 4.98 Å². The first-order valence-electron chi connectivity index (χ1n) is 5.34. The van der Waals surface area contributed by atoms with Crippen LogP contribution < -0.4 is 10.4 Å². The van der Waals surface area contributed by atoms with Gasteiger partial charge in [-0.1, -0.05) is 0 Å². The van der Waals surface area contributed by atoms with Crippen molar-refractivity contribution in [3.05, 3.63) is 17.8 Å². The Labute approximate surface area is 94.8 Å². The van der Waals surface area contributed by atoms with E-state index in [1.165, 1.54) is 6.20 Å². The lowest BCUT2D eigenvalue weighted by molar-refractivity contribution is 0.122. The van der Waals surface area contributed by atoms with E-state index in [1.807, 2.05) is 13.0 Å². The molecule has 1 aromatic rings. The van der Waals surface area contributed by atoms with Crippen LogP contribution in [0.15, 0.2) is 12.3 Å². The minimum atomic E-state index is -1.45. The van der Waals surface area contributed by atoms with E-state index in [-0.39, 0.29) is 0 Å². The van der Waals surface area contributed by atoms with E-state index < -0.39 is 7.12 Å². The number of pyridine rings is 1. The van der Waals surface area contributed by atoms with Gasteiger partial charge in [-0.05, 0) is 18.6 Å².